The van der Waals surface area contributed by atoms with Gasteiger partial charge in [-0.1, -0.05) is 24.0 Å². The summed E-state index contributed by atoms with van der Waals surface area (Å²) < 4.78 is 5.33. The molecule has 3 heteroatoms. The lowest BCUT2D eigenvalue weighted by Gasteiger charge is -2.50. The first kappa shape index (κ1) is 14.4. The third-order valence-electron chi connectivity index (χ3n) is 4.87. The summed E-state index contributed by atoms with van der Waals surface area (Å²) in [6, 6.07) is 7.84. The second-order valence-electron chi connectivity index (χ2n) is 6.47. The lowest BCUT2D eigenvalue weighted by atomic mass is 9.58. The zero-order valence-electron chi connectivity index (χ0n) is 13.0. The molecule has 1 aromatic carbocycles. The van der Waals surface area contributed by atoms with E-state index >= 15 is 0 Å². The van der Waals surface area contributed by atoms with Gasteiger partial charge in [-0.3, -0.25) is 0 Å². The van der Waals surface area contributed by atoms with Crippen molar-refractivity contribution >= 4 is 0 Å². The van der Waals surface area contributed by atoms with Gasteiger partial charge < -0.3 is 14.7 Å². The molecule has 1 saturated carbocycles. The highest BCUT2D eigenvalue weighted by Gasteiger charge is 2.53. The summed E-state index contributed by atoms with van der Waals surface area (Å²) in [5, 5.41) is 11.6. The minimum atomic E-state index is -0.868. The standard InChI is InChI=1S/C18H23NO2/c1-19(2)12-15-9-7-13-8-10-17(13)18(15,20)14-5-4-6-16(11-14)21-3/h4-6,11,13,15,17,20H,7,9,12H2,1-3H3/t13-,15-,17+,18+/m1/s1. The molecule has 0 aromatic heterocycles. The Kier molecular flexibility index (Phi) is 3.69. The van der Waals surface area contributed by atoms with E-state index in [1.165, 1.54) is 0 Å². The Hall–Kier alpha value is -1.50. The maximum absolute atomic E-state index is 11.6. The highest BCUT2D eigenvalue weighted by Crippen LogP contribution is 2.51. The topological polar surface area (TPSA) is 32.7 Å². The average Bonchev–Trinajstić information content (AvgIpc) is 2.43. The summed E-state index contributed by atoms with van der Waals surface area (Å²) in [6.45, 7) is 0.874. The molecule has 21 heavy (non-hydrogen) atoms. The second kappa shape index (κ2) is 5.36. The SMILES string of the molecule is COc1cccc([C@]2(O)[C@@H](CN(C)C)CC[C@@H]3C#C[C@@H]32)c1. The first-order chi connectivity index (χ1) is 10.1. The third-order valence-corrected chi connectivity index (χ3v) is 4.87. The van der Waals surface area contributed by atoms with Gasteiger partial charge in [-0.15, -0.1) is 0 Å². The summed E-state index contributed by atoms with van der Waals surface area (Å²) in [5.74, 6) is 7.84. The monoisotopic (exact) mass is 285 g/mol. The van der Waals surface area contributed by atoms with Crippen LogP contribution in [0.15, 0.2) is 24.3 Å². The van der Waals surface area contributed by atoms with Crippen molar-refractivity contribution in [2.45, 2.75) is 18.4 Å². The molecule has 112 valence electrons. The van der Waals surface area contributed by atoms with Gasteiger partial charge in [-0.05, 0) is 44.6 Å². The van der Waals surface area contributed by atoms with Crippen LogP contribution in [0.4, 0.5) is 0 Å². The van der Waals surface area contributed by atoms with Crippen LogP contribution in [0.1, 0.15) is 18.4 Å². The van der Waals surface area contributed by atoms with E-state index in [1.807, 2.05) is 24.3 Å². The van der Waals surface area contributed by atoms with Crippen molar-refractivity contribution in [2.75, 3.05) is 27.7 Å². The zero-order chi connectivity index (χ0) is 15.0. The number of rotatable bonds is 4. The molecule has 0 radical (unpaired) electrons. The maximum Gasteiger partial charge on any atom is 0.119 e. The Morgan fingerprint density at radius 1 is 1.33 bits per heavy atom. The third kappa shape index (κ3) is 2.33. The van der Waals surface area contributed by atoms with Crippen LogP contribution in [0.5, 0.6) is 5.75 Å². The van der Waals surface area contributed by atoms with Gasteiger partial charge in [-0.2, -0.15) is 0 Å². The Balaban J connectivity index is 2.01. The van der Waals surface area contributed by atoms with Gasteiger partial charge in [0.1, 0.15) is 11.4 Å². The van der Waals surface area contributed by atoms with Crippen molar-refractivity contribution in [3.8, 4) is 17.6 Å². The van der Waals surface area contributed by atoms with Crippen molar-refractivity contribution in [3.63, 3.8) is 0 Å². The minimum Gasteiger partial charge on any atom is -0.497 e. The molecule has 0 bridgehead atoms. The molecule has 0 spiro atoms. The van der Waals surface area contributed by atoms with Crippen molar-refractivity contribution in [2.24, 2.45) is 17.8 Å². The van der Waals surface area contributed by atoms with Crippen LogP contribution in [0.3, 0.4) is 0 Å². The van der Waals surface area contributed by atoms with Crippen molar-refractivity contribution in [1.82, 2.24) is 4.90 Å². The van der Waals surface area contributed by atoms with Gasteiger partial charge in [0.05, 0.1) is 13.0 Å². The molecule has 3 nitrogen and oxygen atoms in total. The maximum atomic E-state index is 11.6. The van der Waals surface area contributed by atoms with Crippen LogP contribution >= 0.6 is 0 Å². The van der Waals surface area contributed by atoms with Gasteiger partial charge in [0, 0.05) is 18.4 Å². The number of nitrogens with zero attached hydrogens (tertiary/aromatic N) is 1. The molecule has 1 aromatic rings. The van der Waals surface area contributed by atoms with Crippen LogP contribution < -0.4 is 4.74 Å². The molecular formula is C18H23NO2. The summed E-state index contributed by atoms with van der Waals surface area (Å²) >= 11 is 0. The number of aliphatic hydroxyl groups is 1. The lowest BCUT2D eigenvalue weighted by molar-refractivity contribution is -0.105. The number of hydrogen-bond acceptors (Lipinski definition) is 3. The molecule has 1 fully saturated rings. The van der Waals surface area contributed by atoms with Gasteiger partial charge >= 0.3 is 0 Å². The number of methoxy groups -OCH3 is 1. The molecular weight excluding hydrogens is 262 g/mol. The number of ether oxygens (including phenoxy) is 1. The van der Waals surface area contributed by atoms with Crippen molar-refractivity contribution in [3.05, 3.63) is 29.8 Å². The van der Waals surface area contributed by atoms with E-state index in [9.17, 15) is 5.11 Å². The summed E-state index contributed by atoms with van der Waals surface area (Å²) in [4.78, 5) is 2.15. The lowest BCUT2D eigenvalue weighted by Crippen LogP contribution is -2.53. The highest BCUT2D eigenvalue weighted by molar-refractivity contribution is 5.40. The van der Waals surface area contributed by atoms with Gasteiger partial charge in [0.15, 0.2) is 0 Å². The molecule has 0 amide bonds. The molecule has 4 atom stereocenters. The highest BCUT2D eigenvalue weighted by atomic mass is 16.5. The Labute approximate surface area is 126 Å². The van der Waals surface area contributed by atoms with Gasteiger partial charge in [0.25, 0.3) is 0 Å². The fourth-order valence-electron chi connectivity index (χ4n) is 3.75. The van der Waals surface area contributed by atoms with Crippen LogP contribution in [-0.4, -0.2) is 37.8 Å². The summed E-state index contributed by atoms with van der Waals surface area (Å²) in [7, 11) is 5.78. The van der Waals surface area contributed by atoms with Crippen LogP contribution in [0.2, 0.25) is 0 Å². The Morgan fingerprint density at radius 3 is 2.76 bits per heavy atom. The fraction of sp³-hybridized carbons (Fsp3) is 0.556. The minimum absolute atomic E-state index is 0.0586. The molecule has 2 aliphatic carbocycles. The van der Waals surface area contributed by atoms with Crippen LogP contribution in [0.25, 0.3) is 0 Å². The number of hydrogen-bond donors (Lipinski definition) is 1. The summed E-state index contributed by atoms with van der Waals surface area (Å²) in [6.07, 6.45) is 2.12. The second-order valence-corrected chi connectivity index (χ2v) is 6.47. The van der Waals surface area contributed by atoms with Gasteiger partial charge in [-0.25, -0.2) is 0 Å². The van der Waals surface area contributed by atoms with E-state index in [0.717, 1.165) is 30.7 Å². The van der Waals surface area contributed by atoms with E-state index in [0.29, 0.717) is 5.92 Å². The van der Waals surface area contributed by atoms with E-state index in [1.54, 1.807) is 7.11 Å². The fourth-order valence-corrected chi connectivity index (χ4v) is 3.75. The van der Waals surface area contributed by atoms with Gasteiger partial charge in [0.2, 0.25) is 0 Å². The van der Waals surface area contributed by atoms with Crippen LogP contribution in [0, 0.1) is 29.6 Å². The quantitative estimate of drug-likeness (QED) is 0.860. The molecule has 2 aliphatic rings. The van der Waals surface area contributed by atoms with Crippen molar-refractivity contribution < 1.29 is 9.84 Å². The predicted octanol–water partition coefficient (Wildman–Crippen LogP) is 2.10. The Morgan fingerprint density at radius 2 is 2.14 bits per heavy atom. The number of benzene rings is 1. The molecule has 1 N–H and O–H groups in total. The molecule has 0 saturated heterocycles. The first-order valence-electron chi connectivity index (χ1n) is 7.58. The first-order valence-corrected chi connectivity index (χ1v) is 7.58. The molecule has 0 unspecified atom stereocenters. The molecule has 3 rings (SSSR count). The smallest absolute Gasteiger partial charge is 0.119 e. The summed E-state index contributed by atoms with van der Waals surface area (Å²) in [5.41, 5.74) is 0.0740. The average molecular weight is 285 g/mol. The van der Waals surface area contributed by atoms with E-state index in [-0.39, 0.29) is 11.8 Å². The molecule has 0 aliphatic heterocycles. The van der Waals surface area contributed by atoms with Crippen LogP contribution in [-0.2, 0) is 5.60 Å². The van der Waals surface area contributed by atoms with E-state index in [4.69, 9.17) is 4.74 Å². The zero-order valence-corrected chi connectivity index (χ0v) is 13.0. The van der Waals surface area contributed by atoms with Crippen molar-refractivity contribution in [1.29, 1.82) is 0 Å². The Bertz CT molecular complexity index is 586. The molecule has 0 heterocycles. The normalized spacial score (nSPS) is 33.7. The largest absolute Gasteiger partial charge is 0.497 e. The van der Waals surface area contributed by atoms with E-state index in [2.05, 4.69) is 30.8 Å². The number of fused-ring (bicyclic) bond motifs is 1. The predicted molar refractivity (Wildman–Crippen MR) is 82.9 cm³/mol. The van der Waals surface area contributed by atoms with E-state index < -0.39 is 5.60 Å².